The Labute approximate surface area is 172 Å². The highest BCUT2D eigenvalue weighted by atomic mass is 32.1. The fourth-order valence-electron chi connectivity index (χ4n) is 2.98. The first-order valence-corrected chi connectivity index (χ1v) is 9.90. The summed E-state index contributed by atoms with van der Waals surface area (Å²) < 4.78 is 17.5. The van der Waals surface area contributed by atoms with E-state index in [0.717, 1.165) is 20.8 Å². The molecule has 0 radical (unpaired) electrons. The summed E-state index contributed by atoms with van der Waals surface area (Å²) >= 11 is 1.58. The fraction of sp³-hybridized carbons (Fsp3) is 0.182. The van der Waals surface area contributed by atoms with Crippen LogP contribution in [-0.2, 0) is 17.8 Å². The number of fused-ring (bicyclic) bond motifs is 1. The number of benzene rings is 2. The molecule has 1 N–H and O–H groups in total. The van der Waals surface area contributed by atoms with E-state index in [4.69, 9.17) is 13.9 Å². The third-order valence-electron chi connectivity index (χ3n) is 4.47. The number of ether oxygens (including phenoxy) is 2. The van der Waals surface area contributed by atoms with E-state index < -0.39 is 0 Å². The molecule has 2 heterocycles. The maximum absolute atomic E-state index is 12.4. The lowest BCUT2D eigenvalue weighted by Gasteiger charge is -2.10. The van der Waals surface area contributed by atoms with Crippen molar-refractivity contribution in [3.8, 4) is 22.3 Å². The molecule has 1 amide bonds. The van der Waals surface area contributed by atoms with Crippen molar-refractivity contribution >= 4 is 27.5 Å². The second-order valence-electron chi connectivity index (χ2n) is 6.38. The minimum atomic E-state index is -0.119. The van der Waals surface area contributed by atoms with Gasteiger partial charge in [0.05, 0.1) is 37.4 Å². The van der Waals surface area contributed by atoms with Gasteiger partial charge in [-0.05, 0) is 30.3 Å². The number of carbonyl (C=O) groups is 1. The Bertz CT molecular complexity index is 1120. The average Bonchev–Trinajstić information content (AvgIpc) is 3.39. The van der Waals surface area contributed by atoms with Crippen LogP contribution in [0.5, 0.6) is 11.5 Å². The molecule has 29 heavy (non-hydrogen) atoms. The van der Waals surface area contributed by atoms with Gasteiger partial charge < -0.3 is 19.2 Å². The van der Waals surface area contributed by atoms with Crippen LogP contribution >= 0.6 is 11.3 Å². The summed E-state index contributed by atoms with van der Waals surface area (Å²) in [5.74, 6) is 2.56. The van der Waals surface area contributed by atoms with Crippen molar-refractivity contribution in [3.05, 3.63) is 65.9 Å². The first kappa shape index (κ1) is 19.0. The van der Waals surface area contributed by atoms with E-state index in [9.17, 15) is 4.79 Å². The number of hydrogen-bond acceptors (Lipinski definition) is 6. The Morgan fingerprint density at radius 3 is 2.76 bits per heavy atom. The van der Waals surface area contributed by atoms with E-state index in [1.165, 1.54) is 0 Å². The summed E-state index contributed by atoms with van der Waals surface area (Å²) in [5, 5.41) is 3.71. The van der Waals surface area contributed by atoms with Crippen molar-refractivity contribution in [2.75, 3.05) is 14.2 Å². The van der Waals surface area contributed by atoms with Gasteiger partial charge in [0.15, 0.2) is 10.8 Å². The van der Waals surface area contributed by atoms with Crippen molar-refractivity contribution < 1.29 is 18.7 Å². The van der Waals surface area contributed by atoms with Gasteiger partial charge in [0.1, 0.15) is 17.3 Å². The summed E-state index contributed by atoms with van der Waals surface area (Å²) in [6.45, 7) is 0.308. The molecule has 0 atom stereocenters. The van der Waals surface area contributed by atoms with Crippen LogP contribution in [-0.4, -0.2) is 25.1 Å². The normalized spacial score (nSPS) is 10.8. The second-order valence-corrected chi connectivity index (χ2v) is 7.41. The van der Waals surface area contributed by atoms with Crippen LogP contribution in [0.15, 0.2) is 59.0 Å². The summed E-state index contributed by atoms with van der Waals surface area (Å²) in [6, 6.07) is 17.1. The number of amides is 1. The lowest BCUT2D eigenvalue weighted by atomic mass is 10.1. The van der Waals surface area contributed by atoms with Crippen LogP contribution in [0.25, 0.3) is 21.0 Å². The van der Waals surface area contributed by atoms with Gasteiger partial charge in [0.25, 0.3) is 0 Å². The lowest BCUT2D eigenvalue weighted by molar-refractivity contribution is -0.120. The Balaban J connectivity index is 1.39. The van der Waals surface area contributed by atoms with Gasteiger partial charge >= 0.3 is 0 Å². The van der Waals surface area contributed by atoms with Crippen LogP contribution in [0.4, 0.5) is 0 Å². The van der Waals surface area contributed by atoms with Gasteiger partial charge in [-0.15, -0.1) is 11.3 Å². The predicted octanol–water partition coefficient (Wildman–Crippen LogP) is 4.43. The van der Waals surface area contributed by atoms with Crippen molar-refractivity contribution in [3.63, 3.8) is 0 Å². The van der Waals surface area contributed by atoms with Gasteiger partial charge in [-0.1, -0.05) is 18.2 Å². The third-order valence-corrected chi connectivity index (χ3v) is 5.52. The molecule has 4 rings (SSSR count). The molecule has 148 valence electrons. The third kappa shape index (κ3) is 4.25. The van der Waals surface area contributed by atoms with Gasteiger partial charge in [-0.3, -0.25) is 4.79 Å². The summed E-state index contributed by atoms with van der Waals surface area (Å²) in [7, 11) is 3.16. The highest BCUT2D eigenvalue weighted by Crippen LogP contribution is 2.31. The molecule has 0 aliphatic heterocycles. The molecule has 0 fully saturated rings. The number of para-hydroxylation sites is 1. The Morgan fingerprint density at radius 2 is 1.97 bits per heavy atom. The van der Waals surface area contributed by atoms with E-state index in [2.05, 4.69) is 10.3 Å². The number of furan rings is 1. The zero-order chi connectivity index (χ0) is 20.2. The number of rotatable bonds is 7. The first-order valence-electron chi connectivity index (χ1n) is 9.08. The SMILES string of the molecule is COc1ccc(CC(=O)NCc2ccc(-c3nc4ccccc4s3)o2)c(OC)c1. The molecule has 0 saturated carbocycles. The smallest absolute Gasteiger partial charge is 0.224 e. The van der Waals surface area contributed by atoms with Crippen molar-refractivity contribution in [2.45, 2.75) is 13.0 Å². The van der Waals surface area contributed by atoms with Crippen LogP contribution in [0.2, 0.25) is 0 Å². The average molecular weight is 408 g/mol. The summed E-state index contributed by atoms with van der Waals surface area (Å²) in [6.07, 6.45) is 0.207. The molecule has 2 aromatic carbocycles. The largest absolute Gasteiger partial charge is 0.497 e. The zero-order valence-electron chi connectivity index (χ0n) is 16.1. The van der Waals surface area contributed by atoms with Crippen LogP contribution in [0.3, 0.4) is 0 Å². The lowest BCUT2D eigenvalue weighted by Crippen LogP contribution is -2.24. The Kier molecular flexibility index (Phi) is 5.48. The Hall–Kier alpha value is -3.32. The van der Waals surface area contributed by atoms with Crippen molar-refractivity contribution in [1.82, 2.24) is 10.3 Å². The number of methoxy groups -OCH3 is 2. The van der Waals surface area contributed by atoms with Gasteiger partial charge in [0, 0.05) is 11.6 Å². The molecule has 7 heteroatoms. The van der Waals surface area contributed by atoms with E-state index in [1.807, 2.05) is 48.5 Å². The predicted molar refractivity (Wildman–Crippen MR) is 112 cm³/mol. The Morgan fingerprint density at radius 1 is 1.10 bits per heavy atom. The summed E-state index contributed by atoms with van der Waals surface area (Å²) in [5.41, 5.74) is 1.74. The molecular formula is C22H20N2O4S. The zero-order valence-corrected chi connectivity index (χ0v) is 16.9. The number of carbonyl (C=O) groups excluding carboxylic acids is 1. The van der Waals surface area contributed by atoms with E-state index in [-0.39, 0.29) is 12.3 Å². The number of aromatic nitrogens is 1. The standard InChI is InChI=1S/C22H20N2O4S/c1-26-15-8-7-14(19(12-15)27-2)11-21(25)23-13-16-9-10-18(28-16)22-24-17-5-3-4-6-20(17)29-22/h3-10,12H,11,13H2,1-2H3,(H,23,25). The highest BCUT2D eigenvalue weighted by molar-refractivity contribution is 7.21. The van der Waals surface area contributed by atoms with E-state index >= 15 is 0 Å². The second kappa shape index (κ2) is 8.36. The molecule has 0 aliphatic carbocycles. The molecule has 4 aromatic rings. The van der Waals surface area contributed by atoms with Crippen molar-refractivity contribution in [2.24, 2.45) is 0 Å². The quantitative estimate of drug-likeness (QED) is 0.490. The maximum Gasteiger partial charge on any atom is 0.224 e. The molecule has 0 saturated heterocycles. The van der Waals surface area contributed by atoms with Gasteiger partial charge in [-0.2, -0.15) is 0 Å². The van der Waals surface area contributed by atoms with Gasteiger partial charge in [0.2, 0.25) is 5.91 Å². The van der Waals surface area contributed by atoms with Crippen molar-refractivity contribution in [1.29, 1.82) is 0 Å². The van der Waals surface area contributed by atoms with E-state index in [0.29, 0.717) is 29.6 Å². The maximum atomic E-state index is 12.4. The molecule has 0 bridgehead atoms. The summed E-state index contributed by atoms with van der Waals surface area (Å²) in [4.78, 5) is 16.9. The number of thiazole rings is 1. The first-order chi connectivity index (χ1) is 14.2. The van der Waals surface area contributed by atoms with Crippen LogP contribution in [0.1, 0.15) is 11.3 Å². The number of hydrogen-bond donors (Lipinski definition) is 1. The molecule has 0 unspecified atom stereocenters. The fourth-order valence-corrected chi connectivity index (χ4v) is 3.91. The molecule has 6 nitrogen and oxygen atoms in total. The van der Waals surface area contributed by atoms with E-state index in [1.54, 1.807) is 31.6 Å². The van der Waals surface area contributed by atoms with Gasteiger partial charge in [-0.25, -0.2) is 4.98 Å². The topological polar surface area (TPSA) is 73.6 Å². The monoisotopic (exact) mass is 408 g/mol. The highest BCUT2D eigenvalue weighted by Gasteiger charge is 2.13. The molecule has 2 aromatic heterocycles. The number of nitrogens with zero attached hydrogens (tertiary/aromatic N) is 1. The van der Waals surface area contributed by atoms with Crippen LogP contribution in [0, 0.1) is 0 Å². The molecular weight excluding hydrogens is 388 g/mol. The van der Waals surface area contributed by atoms with Crippen LogP contribution < -0.4 is 14.8 Å². The molecule has 0 spiro atoms. The molecule has 0 aliphatic rings. The minimum absolute atomic E-state index is 0.119. The number of nitrogens with one attached hydrogen (secondary N) is 1. The minimum Gasteiger partial charge on any atom is -0.497 e.